The minimum absolute atomic E-state index is 0. The van der Waals surface area contributed by atoms with Crippen molar-refractivity contribution < 1.29 is 9.84 Å². The SMILES string of the molecule is Cl.OC(COc1ccc(C23CC4CC(CC(C4)C2)C3)cc1)CN1CCc2ccccc2C1. The number of fused-ring (bicyclic) bond motifs is 1. The molecule has 4 heteroatoms. The predicted molar refractivity (Wildman–Crippen MR) is 130 cm³/mol. The molecule has 3 nitrogen and oxygen atoms in total. The molecule has 4 saturated carbocycles. The van der Waals surface area contributed by atoms with E-state index in [0.717, 1.165) is 43.0 Å². The second-order valence-corrected chi connectivity index (χ2v) is 10.9. The second kappa shape index (κ2) is 9.00. The number of nitrogens with zero attached hydrogens (tertiary/aromatic N) is 1. The molecule has 1 aliphatic heterocycles. The van der Waals surface area contributed by atoms with E-state index >= 15 is 0 Å². The van der Waals surface area contributed by atoms with Gasteiger partial charge < -0.3 is 9.84 Å². The van der Waals surface area contributed by atoms with Gasteiger partial charge in [0.2, 0.25) is 0 Å². The van der Waals surface area contributed by atoms with E-state index in [1.807, 2.05) is 0 Å². The van der Waals surface area contributed by atoms with Gasteiger partial charge in [-0.25, -0.2) is 0 Å². The summed E-state index contributed by atoms with van der Waals surface area (Å²) < 4.78 is 5.98. The van der Waals surface area contributed by atoms with Crippen LogP contribution in [0, 0.1) is 17.8 Å². The Morgan fingerprint density at radius 1 is 0.906 bits per heavy atom. The Morgan fingerprint density at radius 3 is 2.19 bits per heavy atom. The van der Waals surface area contributed by atoms with Gasteiger partial charge in [-0.15, -0.1) is 12.4 Å². The van der Waals surface area contributed by atoms with Crippen LogP contribution in [0.2, 0.25) is 0 Å². The molecular weight excluding hydrogens is 418 g/mol. The van der Waals surface area contributed by atoms with Crippen molar-refractivity contribution in [2.75, 3.05) is 19.7 Å². The van der Waals surface area contributed by atoms with Crippen molar-refractivity contribution >= 4 is 12.4 Å². The maximum atomic E-state index is 10.6. The summed E-state index contributed by atoms with van der Waals surface area (Å²) in [6.07, 6.45) is 9.26. The molecule has 1 unspecified atom stereocenters. The molecule has 1 N–H and O–H groups in total. The monoisotopic (exact) mass is 453 g/mol. The minimum atomic E-state index is -0.465. The molecule has 2 aromatic rings. The molecule has 0 aromatic heterocycles. The van der Waals surface area contributed by atoms with Crippen LogP contribution < -0.4 is 4.74 Å². The fraction of sp³-hybridized carbons (Fsp3) is 0.571. The van der Waals surface area contributed by atoms with Crippen LogP contribution in [0.5, 0.6) is 5.75 Å². The Bertz CT molecular complexity index is 892. The van der Waals surface area contributed by atoms with Crippen LogP contribution in [0.15, 0.2) is 48.5 Å². The highest BCUT2D eigenvalue weighted by Gasteiger charge is 2.51. The topological polar surface area (TPSA) is 32.7 Å². The van der Waals surface area contributed by atoms with Gasteiger partial charge in [-0.1, -0.05) is 36.4 Å². The van der Waals surface area contributed by atoms with Crippen molar-refractivity contribution in [3.8, 4) is 5.75 Å². The first kappa shape index (κ1) is 22.3. The molecule has 0 saturated heterocycles. The highest BCUT2D eigenvalue weighted by molar-refractivity contribution is 5.85. The Kier molecular flexibility index (Phi) is 6.26. The molecule has 1 heterocycles. The van der Waals surface area contributed by atoms with E-state index < -0.39 is 6.10 Å². The molecule has 4 aliphatic carbocycles. The average Bonchev–Trinajstić information content (AvgIpc) is 2.77. The minimum Gasteiger partial charge on any atom is -0.491 e. The lowest BCUT2D eigenvalue weighted by Crippen LogP contribution is -2.48. The average molecular weight is 454 g/mol. The fourth-order valence-electron chi connectivity index (χ4n) is 7.62. The van der Waals surface area contributed by atoms with Gasteiger partial charge in [-0.3, -0.25) is 4.90 Å². The van der Waals surface area contributed by atoms with Crippen molar-refractivity contribution in [3.63, 3.8) is 0 Å². The summed E-state index contributed by atoms with van der Waals surface area (Å²) in [4.78, 5) is 2.34. The predicted octanol–water partition coefficient (Wildman–Crippen LogP) is 5.37. The molecule has 0 spiro atoms. The van der Waals surface area contributed by atoms with Crippen molar-refractivity contribution in [1.29, 1.82) is 0 Å². The first-order valence-corrected chi connectivity index (χ1v) is 12.4. The Balaban J connectivity index is 0.00000216. The van der Waals surface area contributed by atoms with E-state index in [0.29, 0.717) is 18.6 Å². The first-order valence-electron chi connectivity index (χ1n) is 12.4. The lowest BCUT2D eigenvalue weighted by Gasteiger charge is -2.57. The highest BCUT2D eigenvalue weighted by atomic mass is 35.5. The maximum absolute atomic E-state index is 10.6. The van der Waals surface area contributed by atoms with Crippen molar-refractivity contribution in [2.45, 2.75) is 63.0 Å². The van der Waals surface area contributed by atoms with Crippen LogP contribution in [0.1, 0.15) is 55.2 Å². The lowest BCUT2D eigenvalue weighted by molar-refractivity contribution is -0.00522. The standard InChI is InChI=1S/C28H35NO2.ClH/c30-26(18-29-10-9-23-3-1-2-4-24(23)17-29)19-31-27-7-5-25(6-8-27)28-14-20-11-21(15-28)13-22(12-20)16-28;/h1-8,20-22,26,30H,9-19H2;1H. The van der Waals surface area contributed by atoms with Crippen molar-refractivity contribution in [2.24, 2.45) is 17.8 Å². The number of β-amino-alcohol motifs (C(OH)–C–C–N with tert-alkyl or cyclic N) is 1. The summed E-state index contributed by atoms with van der Waals surface area (Å²) in [5, 5.41) is 10.6. The fourth-order valence-corrected chi connectivity index (χ4v) is 7.62. The smallest absolute Gasteiger partial charge is 0.119 e. The normalized spacial score (nSPS) is 31.6. The molecule has 0 amide bonds. The van der Waals surface area contributed by atoms with E-state index in [1.165, 1.54) is 55.2 Å². The quantitative estimate of drug-likeness (QED) is 0.637. The van der Waals surface area contributed by atoms with Gasteiger partial charge in [0.05, 0.1) is 0 Å². The summed E-state index contributed by atoms with van der Waals surface area (Å²) in [5.74, 6) is 3.80. The van der Waals surface area contributed by atoms with Crippen LogP contribution in [-0.4, -0.2) is 35.8 Å². The third kappa shape index (κ3) is 4.32. The van der Waals surface area contributed by atoms with Crippen LogP contribution in [0.3, 0.4) is 0 Å². The number of aliphatic hydroxyl groups excluding tert-OH is 1. The molecule has 172 valence electrons. The summed E-state index contributed by atoms with van der Waals surface area (Å²) in [7, 11) is 0. The van der Waals surface area contributed by atoms with E-state index in [4.69, 9.17) is 4.74 Å². The Hall–Kier alpha value is -1.55. The van der Waals surface area contributed by atoms with Gasteiger partial charge in [0.1, 0.15) is 18.5 Å². The van der Waals surface area contributed by atoms with Crippen molar-refractivity contribution in [3.05, 3.63) is 65.2 Å². The van der Waals surface area contributed by atoms with Gasteiger partial charge in [-0.2, -0.15) is 0 Å². The van der Waals surface area contributed by atoms with Crippen molar-refractivity contribution in [1.82, 2.24) is 4.90 Å². The molecule has 5 aliphatic rings. The van der Waals surface area contributed by atoms with Gasteiger partial charge in [-0.05, 0) is 96.9 Å². The third-order valence-electron chi connectivity index (χ3n) is 8.63. The van der Waals surface area contributed by atoms with Crippen LogP contribution >= 0.6 is 12.4 Å². The molecule has 1 atom stereocenters. The summed E-state index contributed by atoms with van der Waals surface area (Å²) in [6.45, 7) is 2.95. The zero-order valence-electron chi connectivity index (χ0n) is 18.9. The zero-order chi connectivity index (χ0) is 20.8. The van der Waals surface area contributed by atoms with Crippen LogP contribution in [0.4, 0.5) is 0 Å². The van der Waals surface area contributed by atoms with Gasteiger partial charge in [0.25, 0.3) is 0 Å². The van der Waals surface area contributed by atoms with Gasteiger partial charge in [0.15, 0.2) is 0 Å². The molecular formula is C28H36ClNO2. The molecule has 0 radical (unpaired) electrons. The third-order valence-corrected chi connectivity index (χ3v) is 8.63. The van der Waals surface area contributed by atoms with Crippen LogP contribution in [-0.2, 0) is 18.4 Å². The van der Waals surface area contributed by atoms with Gasteiger partial charge >= 0.3 is 0 Å². The number of benzene rings is 2. The van der Waals surface area contributed by atoms with E-state index in [1.54, 1.807) is 0 Å². The van der Waals surface area contributed by atoms with Crippen LogP contribution in [0.25, 0.3) is 0 Å². The largest absolute Gasteiger partial charge is 0.491 e. The highest BCUT2D eigenvalue weighted by Crippen LogP contribution is 2.60. The summed E-state index contributed by atoms with van der Waals surface area (Å²) in [5.41, 5.74) is 4.81. The lowest BCUT2D eigenvalue weighted by atomic mass is 9.48. The van der Waals surface area contributed by atoms with E-state index in [-0.39, 0.29) is 12.4 Å². The molecule has 32 heavy (non-hydrogen) atoms. The number of hydrogen-bond donors (Lipinski definition) is 1. The number of hydrogen-bond acceptors (Lipinski definition) is 3. The van der Waals surface area contributed by atoms with E-state index in [2.05, 4.69) is 53.4 Å². The maximum Gasteiger partial charge on any atom is 0.119 e. The first-order chi connectivity index (χ1) is 15.1. The summed E-state index contributed by atoms with van der Waals surface area (Å²) >= 11 is 0. The molecule has 4 fully saturated rings. The number of halogens is 1. The summed E-state index contributed by atoms with van der Waals surface area (Å²) in [6, 6.07) is 17.6. The molecule has 2 aromatic carbocycles. The number of ether oxygens (including phenoxy) is 1. The Labute approximate surface area is 198 Å². The van der Waals surface area contributed by atoms with Gasteiger partial charge in [0, 0.05) is 19.6 Å². The number of aliphatic hydroxyl groups is 1. The second-order valence-electron chi connectivity index (χ2n) is 10.9. The van der Waals surface area contributed by atoms with E-state index in [9.17, 15) is 5.11 Å². The molecule has 4 bridgehead atoms. The number of rotatable bonds is 6. The Morgan fingerprint density at radius 2 is 1.53 bits per heavy atom. The molecule has 7 rings (SSSR count). The zero-order valence-corrected chi connectivity index (χ0v) is 19.7.